The molecule has 2 fully saturated rings. The van der Waals surface area contributed by atoms with Crippen molar-refractivity contribution in [3.8, 4) is 5.95 Å². The van der Waals surface area contributed by atoms with E-state index in [1.807, 2.05) is 19.9 Å². The fourth-order valence-corrected chi connectivity index (χ4v) is 5.08. The zero-order valence-corrected chi connectivity index (χ0v) is 20.2. The van der Waals surface area contributed by atoms with Gasteiger partial charge in [-0.1, -0.05) is 26.0 Å². The quantitative estimate of drug-likeness (QED) is 0.567. The molecule has 2 saturated heterocycles. The van der Waals surface area contributed by atoms with Crippen molar-refractivity contribution in [1.29, 1.82) is 0 Å². The molecule has 4 heterocycles. The molecule has 0 spiro atoms. The third-order valence-electron chi connectivity index (χ3n) is 6.86. The molecule has 1 N–H and O–H groups in total. The summed E-state index contributed by atoms with van der Waals surface area (Å²) in [5.41, 5.74) is 1.17. The van der Waals surface area contributed by atoms with Crippen LogP contribution in [0.15, 0.2) is 22.7 Å². The number of hydrogen-bond acceptors (Lipinski definition) is 6. The van der Waals surface area contributed by atoms with Crippen LogP contribution in [-0.2, 0) is 0 Å². The number of benzene rings is 1. The van der Waals surface area contributed by atoms with Crippen LogP contribution in [0.5, 0.6) is 0 Å². The Morgan fingerprint density at radius 1 is 1.24 bits per heavy atom. The molecule has 1 amide bonds. The molecular weight excluding hydrogens is 463 g/mol. The van der Waals surface area contributed by atoms with Gasteiger partial charge in [-0.2, -0.15) is 14.8 Å². The Balaban J connectivity index is 0.00000274. The van der Waals surface area contributed by atoms with Gasteiger partial charge in [-0.3, -0.25) is 0 Å². The molecule has 11 heteroatoms. The lowest BCUT2D eigenvalue weighted by molar-refractivity contribution is 0.147. The van der Waals surface area contributed by atoms with Crippen molar-refractivity contribution in [3.05, 3.63) is 35.6 Å². The van der Waals surface area contributed by atoms with Crippen LogP contribution < -0.4 is 0 Å². The van der Waals surface area contributed by atoms with E-state index >= 15 is 0 Å². The van der Waals surface area contributed by atoms with Crippen molar-refractivity contribution in [2.24, 2.45) is 5.92 Å². The molecule has 34 heavy (non-hydrogen) atoms. The second-order valence-electron chi connectivity index (χ2n) is 9.48. The van der Waals surface area contributed by atoms with Crippen LogP contribution in [-0.4, -0.2) is 73.6 Å². The average molecular weight is 493 g/mol. The van der Waals surface area contributed by atoms with E-state index in [0.29, 0.717) is 30.4 Å². The Bertz CT molecular complexity index is 1160. The highest BCUT2D eigenvalue weighted by atomic mass is 35.5. The molecule has 2 aliphatic rings. The lowest BCUT2D eigenvalue weighted by Gasteiger charge is -2.32. The van der Waals surface area contributed by atoms with Gasteiger partial charge < -0.3 is 19.4 Å². The SMILES string of the molecule is CC(C)c1nn(-c2noc(C3CCN(C[C@H]4CCN(C(=O)O)C4)CC3)n2)c2c(F)cccc12.Cl. The molecule has 9 nitrogen and oxygen atoms in total. The van der Waals surface area contributed by atoms with E-state index < -0.39 is 6.09 Å². The van der Waals surface area contributed by atoms with E-state index in [1.54, 1.807) is 6.07 Å². The van der Waals surface area contributed by atoms with Gasteiger partial charge in [0.25, 0.3) is 5.95 Å². The van der Waals surface area contributed by atoms with Crippen LogP contribution in [0.4, 0.5) is 9.18 Å². The summed E-state index contributed by atoms with van der Waals surface area (Å²) >= 11 is 0. The summed E-state index contributed by atoms with van der Waals surface area (Å²) in [7, 11) is 0. The monoisotopic (exact) mass is 492 g/mol. The number of piperidine rings is 1. The molecular formula is C23H30ClFN6O3. The summed E-state index contributed by atoms with van der Waals surface area (Å²) in [4.78, 5) is 19.6. The molecule has 184 valence electrons. The first-order valence-electron chi connectivity index (χ1n) is 11.6. The highest BCUT2D eigenvalue weighted by Crippen LogP contribution is 2.31. The summed E-state index contributed by atoms with van der Waals surface area (Å²) < 4.78 is 21.7. The number of para-hydroxylation sites is 1. The second kappa shape index (κ2) is 9.87. The summed E-state index contributed by atoms with van der Waals surface area (Å²) in [6, 6.07) is 4.98. The fraction of sp³-hybridized carbons (Fsp3) is 0.565. The second-order valence-corrected chi connectivity index (χ2v) is 9.48. The molecule has 1 aromatic carbocycles. The van der Waals surface area contributed by atoms with E-state index in [0.717, 1.165) is 50.0 Å². The highest BCUT2D eigenvalue weighted by Gasteiger charge is 2.31. The van der Waals surface area contributed by atoms with Gasteiger partial charge in [-0.25, -0.2) is 9.18 Å². The Kier molecular flexibility index (Phi) is 7.09. The Hall–Kier alpha value is -2.72. The lowest BCUT2D eigenvalue weighted by Crippen LogP contribution is -2.37. The van der Waals surface area contributed by atoms with Gasteiger partial charge in [0.05, 0.1) is 5.69 Å². The molecule has 3 aromatic rings. The van der Waals surface area contributed by atoms with Crippen LogP contribution in [0.1, 0.15) is 56.5 Å². The fourth-order valence-electron chi connectivity index (χ4n) is 5.08. The maximum absolute atomic E-state index is 14.7. The molecule has 2 aliphatic heterocycles. The molecule has 0 radical (unpaired) electrons. The van der Waals surface area contributed by atoms with Gasteiger partial charge >= 0.3 is 6.09 Å². The lowest BCUT2D eigenvalue weighted by atomic mass is 9.95. The summed E-state index contributed by atoms with van der Waals surface area (Å²) in [6.07, 6.45) is 1.88. The van der Waals surface area contributed by atoms with Crippen LogP contribution >= 0.6 is 12.4 Å². The van der Waals surface area contributed by atoms with Gasteiger partial charge in [-0.15, -0.1) is 12.4 Å². The van der Waals surface area contributed by atoms with Crippen LogP contribution in [0.3, 0.4) is 0 Å². The number of carboxylic acid groups (broad SMARTS) is 1. The van der Waals surface area contributed by atoms with Crippen molar-refractivity contribution in [3.63, 3.8) is 0 Å². The number of hydrogen-bond donors (Lipinski definition) is 1. The Labute approximate surface area is 203 Å². The normalized spacial score (nSPS) is 19.8. The number of rotatable bonds is 5. The highest BCUT2D eigenvalue weighted by molar-refractivity contribution is 5.85. The smallest absolute Gasteiger partial charge is 0.407 e. The number of fused-ring (bicyclic) bond motifs is 1. The van der Waals surface area contributed by atoms with Crippen LogP contribution in [0.25, 0.3) is 16.9 Å². The molecule has 0 aliphatic carbocycles. The number of nitrogens with zero attached hydrogens (tertiary/aromatic N) is 6. The average Bonchev–Trinajstić information content (AvgIpc) is 3.53. The van der Waals surface area contributed by atoms with Gasteiger partial charge in [0, 0.05) is 30.9 Å². The third kappa shape index (κ3) is 4.61. The first-order valence-corrected chi connectivity index (χ1v) is 11.6. The molecule has 2 aromatic heterocycles. The number of carbonyl (C=O) groups is 1. The first-order chi connectivity index (χ1) is 15.9. The summed E-state index contributed by atoms with van der Waals surface area (Å²) in [6.45, 7) is 8.03. The largest absolute Gasteiger partial charge is 0.465 e. The summed E-state index contributed by atoms with van der Waals surface area (Å²) in [5, 5.41) is 18.6. The minimum atomic E-state index is -0.825. The van der Waals surface area contributed by atoms with Gasteiger partial charge in [0.1, 0.15) is 11.3 Å². The van der Waals surface area contributed by atoms with Gasteiger partial charge in [-0.05, 0) is 55.4 Å². The summed E-state index contributed by atoms with van der Waals surface area (Å²) in [5.74, 6) is 1.14. The maximum atomic E-state index is 14.7. The number of halogens is 2. The minimum absolute atomic E-state index is 0. The maximum Gasteiger partial charge on any atom is 0.407 e. The predicted molar refractivity (Wildman–Crippen MR) is 126 cm³/mol. The van der Waals surface area contributed by atoms with Crippen molar-refractivity contribution in [1.82, 2.24) is 29.7 Å². The zero-order chi connectivity index (χ0) is 23.1. The van der Waals surface area contributed by atoms with Crippen LogP contribution in [0, 0.1) is 11.7 Å². The molecule has 0 bridgehead atoms. The molecule has 0 saturated carbocycles. The first kappa shape index (κ1) is 24.4. The topological polar surface area (TPSA) is 101 Å². The predicted octanol–water partition coefficient (Wildman–Crippen LogP) is 4.27. The van der Waals surface area contributed by atoms with Crippen molar-refractivity contribution in [2.45, 2.75) is 44.9 Å². The molecule has 1 atom stereocenters. The molecule has 0 unspecified atom stereocenters. The van der Waals surface area contributed by atoms with E-state index in [1.165, 1.54) is 15.6 Å². The van der Waals surface area contributed by atoms with Crippen molar-refractivity contribution < 1.29 is 18.8 Å². The zero-order valence-electron chi connectivity index (χ0n) is 19.4. The third-order valence-corrected chi connectivity index (χ3v) is 6.86. The van der Waals surface area contributed by atoms with Crippen molar-refractivity contribution >= 4 is 29.4 Å². The number of amides is 1. The van der Waals surface area contributed by atoms with Gasteiger partial charge in [0.2, 0.25) is 5.89 Å². The molecule has 5 rings (SSSR count). The van der Waals surface area contributed by atoms with Crippen LogP contribution in [0.2, 0.25) is 0 Å². The number of likely N-dealkylation sites (tertiary alicyclic amines) is 2. The van der Waals surface area contributed by atoms with Crippen molar-refractivity contribution in [2.75, 3.05) is 32.7 Å². The minimum Gasteiger partial charge on any atom is -0.465 e. The van der Waals surface area contributed by atoms with Gasteiger partial charge in [0.15, 0.2) is 0 Å². The van der Waals surface area contributed by atoms with E-state index in [4.69, 9.17) is 9.63 Å². The van der Waals surface area contributed by atoms with E-state index in [-0.39, 0.29) is 36.0 Å². The van der Waals surface area contributed by atoms with E-state index in [9.17, 15) is 9.18 Å². The van der Waals surface area contributed by atoms with E-state index in [2.05, 4.69) is 20.1 Å². The number of aromatic nitrogens is 4. The Morgan fingerprint density at radius 2 is 2.00 bits per heavy atom. The Morgan fingerprint density at radius 3 is 2.68 bits per heavy atom. The standard InChI is InChI=1S/C23H29FN6O3.ClH/c1-14(2)19-17-4-3-5-18(24)20(17)30(26-19)22-25-21(33-27-22)16-7-9-28(10-8-16)12-15-6-11-29(13-15)23(31)32;/h3-5,14-16H,6-13H2,1-2H3,(H,31,32);1H/t15-;/m1./s1.